The van der Waals surface area contributed by atoms with Crippen LogP contribution in [0.2, 0.25) is 0 Å². The molecule has 0 fully saturated rings. The van der Waals surface area contributed by atoms with Crippen LogP contribution in [0.1, 0.15) is 16.1 Å². The molecule has 0 aliphatic rings. The van der Waals surface area contributed by atoms with E-state index < -0.39 is 0 Å². The van der Waals surface area contributed by atoms with E-state index in [0.29, 0.717) is 16.9 Å². The Labute approximate surface area is 110 Å². The molecule has 2 rings (SSSR count). The van der Waals surface area contributed by atoms with Gasteiger partial charge in [-0.2, -0.15) is 0 Å². The number of aromatic nitrogens is 1. The number of carbonyl (C=O) groups excluding carboxylic acids is 1. The number of pyridine rings is 1. The first-order valence-electron chi connectivity index (χ1n) is 5.81. The number of rotatable bonds is 3. The number of nitrogens with zero attached hydrogens (tertiary/aromatic N) is 1. The van der Waals surface area contributed by atoms with Crippen molar-refractivity contribution in [3.8, 4) is 0 Å². The fraction of sp³-hybridized carbons (Fsp3) is 0.143. The zero-order valence-electron chi connectivity index (χ0n) is 10.7. The number of aryl methyl sites for hydroxylation is 1. The predicted octanol–water partition coefficient (Wildman–Crippen LogP) is 2.82. The van der Waals surface area contributed by atoms with Gasteiger partial charge in [0.05, 0.1) is 0 Å². The highest BCUT2D eigenvalue weighted by Gasteiger charge is 2.09. The molecular weight excluding hydrogens is 245 g/mol. The third-order valence-corrected chi connectivity index (χ3v) is 2.70. The van der Waals surface area contributed by atoms with Gasteiger partial charge in [0.15, 0.2) is 0 Å². The Bertz CT molecular complexity index is 613. The van der Waals surface area contributed by atoms with E-state index in [-0.39, 0.29) is 11.7 Å². The predicted molar refractivity (Wildman–Crippen MR) is 72.9 cm³/mol. The van der Waals surface area contributed by atoms with Crippen molar-refractivity contribution in [2.45, 2.75) is 6.92 Å². The molecule has 0 bridgehead atoms. The lowest BCUT2D eigenvalue weighted by Gasteiger charge is -2.07. The summed E-state index contributed by atoms with van der Waals surface area (Å²) in [4.78, 5) is 16.0. The van der Waals surface area contributed by atoms with Gasteiger partial charge in [-0.05, 0) is 42.8 Å². The second-order valence-corrected chi connectivity index (χ2v) is 4.10. The van der Waals surface area contributed by atoms with E-state index in [1.54, 1.807) is 38.4 Å². The molecule has 5 heteroatoms. The highest BCUT2D eigenvalue weighted by atomic mass is 19.1. The third kappa shape index (κ3) is 3.07. The second-order valence-electron chi connectivity index (χ2n) is 4.10. The SMILES string of the molecule is CNc1ccnc(C(=O)Nc2ccc(F)c(C)c2)c1. The van der Waals surface area contributed by atoms with Gasteiger partial charge in [0.1, 0.15) is 11.5 Å². The molecule has 0 saturated heterocycles. The summed E-state index contributed by atoms with van der Waals surface area (Å²) < 4.78 is 13.1. The minimum absolute atomic E-state index is 0.298. The van der Waals surface area contributed by atoms with E-state index in [2.05, 4.69) is 15.6 Å². The second kappa shape index (κ2) is 5.48. The number of amides is 1. The van der Waals surface area contributed by atoms with Crippen molar-refractivity contribution >= 4 is 17.3 Å². The molecule has 1 heterocycles. The summed E-state index contributed by atoms with van der Waals surface area (Å²) in [6, 6.07) is 7.82. The van der Waals surface area contributed by atoms with Crippen LogP contribution in [-0.4, -0.2) is 17.9 Å². The standard InChI is InChI=1S/C14H14FN3O/c1-9-7-11(3-4-12(9)15)18-14(19)13-8-10(16-2)5-6-17-13/h3-8H,1-2H3,(H,16,17)(H,18,19). The average molecular weight is 259 g/mol. The Kier molecular flexibility index (Phi) is 3.75. The molecule has 1 aromatic carbocycles. The Balaban J connectivity index is 2.18. The van der Waals surface area contributed by atoms with E-state index in [9.17, 15) is 9.18 Å². The van der Waals surface area contributed by atoms with Gasteiger partial charge in [-0.1, -0.05) is 0 Å². The largest absolute Gasteiger partial charge is 0.388 e. The fourth-order valence-electron chi connectivity index (χ4n) is 1.63. The number of nitrogens with one attached hydrogen (secondary N) is 2. The van der Waals surface area contributed by atoms with E-state index in [4.69, 9.17) is 0 Å². The Hall–Kier alpha value is -2.43. The first-order valence-corrected chi connectivity index (χ1v) is 5.81. The lowest BCUT2D eigenvalue weighted by Crippen LogP contribution is -2.14. The molecule has 0 spiro atoms. The van der Waals surface area contributed by atoms with Crippen molar-refractivity contribution in [3.05, 3.63) is 53.6 Å². The zero-order valence-corrected chi connectivity index (χ0v) is 10.7. The van der Waals surface area contributed by atoms with Gasteiger partial charge in [-0.15, -0.1) is 0 Å². The number of benzene rings is 1. The summed E-state index contributed by atoms with van der Waals surface area (Å²) in [6.45, 7) is 1.64. The molecule has 98 valence electrons. The maximum Gasteiger partial charge on any atom is 0.274 e. The Morgan fingerprint density at radius 2 is 2.00 bits per heavy atom. The van der Waals surface area contributed by atoms with Crippen LogP contribution in [-0.2, 0) is 0 Å². The lowest BCUT2D eigenvalue weighted by atomic mass is 10.2. The van der Waals surface area contributed by atoms with Gasteiger partial charge >= 0.3 is 0 Å². The summed E-state index contributed by atoms with van der Waals surface area (Å²) in [5.74, 6) is -0.628. The monoisotopic (exact) mass is 259 g/mol. The van der Waals surface area contributed by atoms with Crippen molar-refractivity contribution in [1.29, 1.82) is 0 Å². The van der Waals surface area contributed by atoms with Crippen molar-refractivity contribution < 1.29 is 9.18 Å². The number of anilines is 2. The van der Waals surface area contributed by atoms with E-state index in [1.807, 2.05) is 0 Å². The summed E-state index contributed by atoms with van der Waals surface area (Å²) in [6.07, 6.45) is 1.55. The summed E-state index contributed by atoms with van der Waals surface area (Å²) in [5.41, 5.74) is 2.12. The molecule has 0 atom stereocenters. The van der Waals surface area contributed by atoms with Crippen LogP contribution in [0, 0.1) is 12.7 Å². The van der Waals surface area contributed by atoms with Gasteiger partial charge < -0.3 is 10.6 Å². The van der Waals surface area contributed by atoms with E-state index in [1.165, 1.54) is 12.1 Å². The van der Waals surface area contributed by atoms with Crippen molar-refractivity contribution in [3.63, 3.8) is 0 Å². The average Bonchev–Trinajstić information content (AvgIpc) is 2.43. The fourth-order valence-corrected chi connectivity index (χ4v) is 1.63. The van der Waals surface area contributed by atoms with E-state index in [0.717, 1.165) is 5.69 Å². The van der Waals surface area contributed by atoms with Crippen LogP contribution in [0.3, 0.4) is 0 Å². The summed E-state index contributed by atoms with van der Waals surface area (Å²) in [7, 11) is 1.76. The van der Waals surface area contributed by atoms with Gasteiger partial charge in [0.2, 0.25) is 0 Å². The lowest BCUT2D eigenvalue weighted by molar-refractivity contribution is 0.102. The Morgan fingerprint density at radius 3 is 2.68 bits per heavy atom. The number of hydrogen-bond acceptors (Lipinski definition) is 3. The van der Waals surface area contributed by atoms with Crippen LogP contribution < -0.4 is 10.6 Å². The molecule has 1 aromatic heterocycles. The quantitative estimate of drug-likeness (QED) is 0.891. The first kappa shape index (κ1) is 13.0. The molecule has 2 aromatic rings. The van der Waals surface area contributed by atoms with Crippen LogP contribution >= 0.6 is 0 Å². The molecule has 0 radical (unpaired) electrons. The molecule has 0 aliphatic heterocycles. The van der Waals surface area contributed by atoms with Crippen molar-refractivity contribution in [1.82, 2.24) is 4.98 Å². The van der Waals surface area contributed by atoms with Gasteiger partial charge in [-0.3, -0.25) is 9.78 Å². The number of carbonyl (C=O) groups is 1. The Morgan fingerprint density at radius 1 is 1.21 bits per heavy atom. The molecule has 2 N–H and O–H groups in total. The van der Waals surface area contributed by atoms with Crippen LogP contribution in [0.4, 0.5) is 15.8 Å². The summed E-state index contributed by atoms with van der Waals surface area (Å²) in [5, 5.41) is 5.61. The molecule has 0 saturated carbocycles. The molecule has 19 heavy (non-hydrogen) atoms. The van der Waals surface area contributed by atoms with Crippen LogP contribution in [0.15, 0.2) is 36.5 Å². The zero-order chi connectivity index (χ0) is 13.8. The molecule has 0 unspecified atom stereocenters. The normalized spacial score (nSPS) is 10.1. The topological polar surface area (TPSA) is 54.0 Å². The first-order chi connectivity index (χ1) is 9.10. The maximum atomic E-state index is 13.1. The summed E-state index contributed by atoms with van der Waals surface area (Å²) >= 11 is 0. The van der Waals surface area contributed by atoms with Crippen LogP contribution in [0.25, 0.3) is 0 Å². The molecule has 0 aliphatic carbocycles. The molecule has 4 nitrogen and oxygen atoms in total. The number of halogens is 1. The van der Waals surface area contributed by atoms with E-state index >= 15 is 0 Å². The van der Waals surface area contributed by atoms with Gasteiger partial charge in [0.25, 0.3) is 5.91 Å². The minimum Gasteiger partial charge on any atom is -0.388 e. The molecular formula is C14H14FN3O. The number of hydrogen-bond donors (Lipinski definition) is 2. The van der Waals surface area contributed by atoms with Gasteiger partial charge in [-0.25, -0.2) is 4.39 Å². The smallest absolute Gasteiger partial charge is 0.274 e. The third-order valence-electron chi connectivity index (χ3n) is 2.70. The molecule has 1 amide bonds. The highest BCUT2D eigenvalue weighted by molar-refractivity contribution is 6.03. The van der Waals surface area contributed by atoms with Gasteiger partial charge in [0, 0.05) is 24.6 Å². The highest BCUT2D eigenvalue weighted by Crippen LogP contribution is 2.15. The minimum atomic E-state index is -0.330. The maximum absolute atomic E-state index is 13.1. The van der Waals surface area contributed by atoms with Crippen molar-refractivity contribution in [2.75, 3.05) is 17.7 Å². The van der Waals surface area contributed by atoms with Crippen molar-refractivity contribution in [2.24, 2.45) is 0 Å². The van der Waals surface area contributed by atoms with Crippen LogP contribution in [0.5, 0.6) is 0 Å².